The summed E-state index contributed by atoms with van der Waals surface area (Å²) in [6.07, 6.45) is 13.6. The summed E-state index contributed by atoms with van der Waals surface area (Å²) in [4.78, 5) is 0. The molecule has 0 aromatic rings. The second kappa shape index (κ2) is 3.73. The molecule has 0 N–H and O–H groups in total. The van der Waals surface area contributed by atoms with Crippen LogP contribution in [0.4, 0.5) is 0 Å². The van der Waals surface area contributed by atoms with Gasteiger partial charge in [0.05, 0.1) is 0 Å². The first kappa shape index (κ1) is 11.1. The van der Waals surface area contributed by atoms with Gasteiger partial charge in [0.2, 0.25) is 0 Å². The monoisotopic (exact) mass is 226 g/mol. The molecule has 0 nitrogen and oxygen atoms in total. The Balaban J connectivity index is 2.05. The Morgan fingerprint density at radius 3 is 2.53 bits per heavy atom. The molecular weight excluding hydrogens is 204 g/mol. The Bertz CT molecular complexity index is 478. The highest BCUT2D eigenvalue weighted by Crippen LogP contribution is 2.51. The van der Waals surface area contributed by atoms with Gasteiger partial charge in [-0.1, -0.05) is 43.2 Å². The summed E-state index contributed by atoms with van der Waals surface area (Å²) in [6, 6.07) is 0. The second-order valence-electron chi connectivity index (χ2n) is 6.13. The maximum absolute atomic E-state index is 2.48. The summed E-state index contributed by atoms with van der Waals surface area (Å²) in [5, 5.41) is 0. The highest BCUT2D eigenvalue weighted by Gasteiger charge is 2.36. The molecule has 0 saturated carbocycles. The standard InChI is InChI=1S/C17H22/c1-12-6-4-9-15(12)17(2,3)16-13-7-5-8-14(16)11-10-13/h6,9-10H,4-5,7-8,11H2,1-3H3. The van der Waals surface area contributed by atoms with E-state index >= 15 is 0 Å². The molecule has 3 rings (SSSR count). The molecule has 90 valence electrons. The molecule has 17 heavy (non-hydrogen) atoms. The third kappa shape index (κ3) is 1.57. The smallest absolute Gasteiger partial charge is 0.0148 e. The summed E-state index contributed by atoms with van der Waals surface area (Å²) in [7, 11) is 0. The van der Waals surface area contributed by atoms with Crippen molar-refractivity contribution in [3.8, 4) is 0 Å². The Morgan fingerprint density at radius 1 is 1.06 bits per heavy atom. The van der Waals surface area contributed by atoms with Crippen molar-refractivity contribution in [1.82, 2.24) is 0 Å². The summed E-state index contributed by atoms with van der Waals surface area (Å²) in [6.45, 7) is 7.10. The first-order valence-electron chi connectivity index (χ1n) is 6.90. The molecule has 3 aliphatic carbocycles. The average Bonchev–Trinajstić information content (AvgIpc) is 2.82. The van der Waals surface area contributed by atoms with Crippen LogP contribution in [-0.4, -0.2) is 0 Å². The maximum Gasteiger partial charge on any atom is 0.0148 e. The number of hydrogen-bond acceptors (Lipinski definition) is 0. The van der Waals surface area contributed by atoms with Gasteiger partial charge in [-0.15, -0.1) is 0 Å². The van der Waals surface area contributed by atoms with Gasteiger partial charge in [0, 0.05) is 5.41 Å². The molecule has 0 atom stereocenters. The zero-order chi connectivity index (χ0) is 12.0. The van der Waals surface area contributed by atoms with Crippen LogP contribution in [0.25, 0.3) is 0 Å². The van der Waals surface area contributed by atoms with E-state index in [4.69, 9.17) is 0 Å². The lowest BCUT2D eigenvalue weighted by atomic mass is 9.69. The Hall–Kier alpha value is -1.04. The van der Waals surface area contributed by atoms with E-state index in [1.807, 2.05) is 0 Å². The minimum atomic E-state index is 0.231. The predicted molar refractivity (Wildman–Crippen MR) is 73.8 cm³/mol. The SMILES string of the molecule is CC1=CCC=C1C(C)(C)C1=C2CC=C1CCC2. The third-order valence-corrected chi connectivity index (χ3v) is 4.66. The first-order chi connectivity index (χ1) is 8.10. The summed E-state index contributed by atoms with van der Waals surface area (Å²) < 4.78 is 0. The van der Waals surface area contributed by atoms with Crippen LogP contribution < -0.4 is 0 Å². The van der Waals surface area contributed by atoms with E-state index in [1.165, 1.54) is 31.3 Å². The van der Waals surface area contributed by atoms with Gasteiger partial charge >= 0.3 is 0 Å². The van der Waals surface area contributed by atoms with Crippen molar-refractivity contribution in [1.29, 1.82) is 0 Å². The molecule has 0 spiro atoms. The zero-order valence-corrected chi connectivity index (χ0v) is 11.3. The molecule has 0 saturated heterocycles. The molecule has 0 aliphatic heterocycles. The molecule has 0 radical (unpaired) electrons. The zero-order valence-electron chi connectivity index (χ0n) is 11.3. The van der Waals surface area contributed by atoms with Gasteiger partial charge in [0.25, 0.3) is 0 Å². The number of rotatable bonds is 2. The van der Waals surface area contributed by atoms with Crippen molar-refractivity contribution in [3.63, 3.8) is 0 Å². The van der Waals surface area contributed by atoms with Crippen LogP contribution in [0.5, 0.6) is 0 Å². The van der Waals surface area contributed by atoms with Crippen LogP contribution in [-0.2, 0) is 0 Å². The predicted octanol–water partition coefficient (Wildman–Crippen LogP) is 5.10. The largest absolute Gasteiger partial charge is 0.0775 e. The highest BCUT2D eigenvalue weighted by molar-refractivity contribution is 5.55. The maximum atomic E-state index is 2.48. The topological polar surface area (TPSA) is 0 Å². The lowest BCUT2D eigenvalue weighted by molar-refractivity contribution is 0.529. The lowest BCUT2D eigenvalue weighted by Gasteiger charge is -2.34. The number of allylic oxidation sites excluding steroid dienone is 8. The fourth-order valence-electron chi connectivity index (χ4n) is 3.97. The minimum Gasteiger partial charge on any atom is -0.0775 e. The van der Waals surface area contributed by atoms with E-state index < -0.39 is 0 Å². The van der Waals surface area contributed by atoms with E-state index in [1.54, 1.807) is 22.3 Å². The van der Waals surface area contributed by atoms with Crippen LogP contribution >= 0.6 is 0 Å². The van der Waals surface area contributed by atoms with Gasteiger partial charge in [-0.25, -0.2) is 0 Å². The fourth-order valence-corrected chi connectivity index (χ4v) is 3.97. The van der Waals surface area contributed by atoms with E-state index in [-0.39, 0.29) is 5.41 Å². The lowest BCUT2D eigenvalue weighted by Crippen LogP contribution is -2.21. The molecule has 2 bridgehead atoms. The van der Waals surface area contributed by atoms with Gasteiger partial charge in [0.15, 0.2) is 0 Å². The molecule has 0 amide bonds. The van der Waals surface area contributed by atoms with Crippen LogP contribution in [0.2, 0.25) is 0 Å². The Kier molecular flexibility index (Phi) is 2.43. The van der Waals surface area contributed by atoms with Gasteiger partial charge in [-0.05, 0) is 55.7 Å². The molecular formula is C17H22. The van der Waals surface area contributed by atoms with Gasteiger partial charge in [-0.3, -0.25) is 0 Å². The number of hydrogen-bond donors (Lipinski definition) is 0. The summed E-state index contributed by atoms with van der Waals surface area (Å²) in [5.74, 6) is 0. The molecule has 0 aromatic heterocycles. The van der Waals surface area contributed by atoms with E-state index in [0.717, 1.165) is 6.42 Å². The average molecular weight is 226 g/mol. The van der Waals surface area contributed by atoms with Crippen molar-refractivity contribution in [2.45, 2.75) is 52.9 Å². The van der Waals surface area contributed by atoms with Crippen LogP contribution in [0.15, 0.2) is 46.1 Å². The molecule has 0 heteroatoms. The minimum absolute atomic E-state index is 0.231. The highest BCUT2D eigenvalue weighted by atomic mass is 14.4. The quantitative estimate of drug-likeness (QED) is 0.614. The molecule has 0 fully saturated rings. The molecule has 0 heterocycles. The normalized spacial score (nSPS) is 23.8. The van der Waals surface area contributed by atoms with Crippen LogP contribution in [0.3, 0.4) is 0 Å². The molecule has 3 aliphatic rings. The van der Waals surface area contributed by atoms with Crippen LogP contribution in [0, 0.1) is 5.41 Å². The van der Waals surface area contributed by atoms with Gasteiger partial charge < -0.3 is 0 Å². The van der Waals surface area contributed by atoms with Gasteiger partial charge in [-0.2, -0.15) is 0 Å². The van der Waals surface area contributed by atoms with Crippen molar-refractivity contribution in [2.24, 2.45) is 5.41 Å². The van der Waals surface area contributed by atoms with E-state index in [0.29, 0.717) is 0 Å². The first-order valence-corrected chi connectivity index (χ1v) is 6.90. The Labute approximate surface area is 105 Å². The van der Waals surface area contributed by atoms with E-state index in [2.05, 4.69) is 39.0 Å². The third-order valence-electron chi connectivity index (χ3n) is 4.66. The molecule has 0 aromatic carbocycles. The van der Waals surface area contributed by atoms with E-state index in [9.17, 15) is 0 Å². The summed E-state index contributed by atoms with van der Waals surface area (Å²) in [5.41, 5.74) is 8.35. The molecule has 0 unspecified atom stereocenters. The van der Waals surface area contributed by atoms with Crippen molar-refractivity contribution in [2.75, 3.05) is 0 Å². The van der Waals surface area contributed by atoms with Gasteiger partial charge in [0.1, 0.15) is 0 Å². The van der Waals surface area contributed by atoms with Crippen molar-refractivity contribution >= 4 is 0 Å². The summed E-state index contributed by atoms with van der Waals surface area (Å²) >= 11 is 0. The van der Waals surface area contributed by atoms with Crippen LogP contribution in [0.1, 0.15) is 52.9 Å². The Morgan fingerprint density at radius 2 is 1.88 bits per heavy atom. The second-order valence-corrected chi connectivity index (χ2v) is 6.13. The van der Waals surface area contributed by atoms with Crippen molar-refractivity contribution in [3.05, 3.63) is 46.1 Å². The fraction of sp³-hybridized carbons (Fsp3) is 0.529. The number of fused-ring (bicyclic) bond motifs is 1. The van der Waals surface area contributed by atoms with Crippen molar-refractivity contribution < 1.29 is 0 Å².